The van der Waals surface area contributed by atoms with E-state index in [2.05, 4.69) is 43.9 Å². The zero-order chi connectivity index (χ0) is 22.3. The summed E-state index contributed by atoms with van der Waals surface area (Å²) < 4.78 is 0. The standard InChI is InChI=1S/C23H28N6O3/c1-15-19(14-24-27-15)16-3-2-4-18(13-16)28-9-11-29(12-10-28)20(30)7-8-23(17-5-6-17)21(31)25-22(32)26-23/h2-4,13-14,17H,5-12H2,1H3,(H,24,27)(H2,25,26,31,32). The summed E-state index contributed by atoms with van der Waals surface area (Å²) in [6.07, 6.45) is 4.36. The lowest BCUT2D eigenvalue weighted by molar-refractivity contribution is -0.132. The number of aromatic nitrogens is 2. The topological polar surface area (TPSA) is 110 Å². The van der Waals surface area contributed by atoms with Crippen molar-refractivity contribution in [1.29, 1.82) is 0 Å². The number of nitrogens with one attached hydrogen (secondary N) is 3. The molecule has 1 aliphatic carbocycles. The van der Waals surface area contributed by atoms with E-state index in [1.165, 1.54) is 0 Å². The fourth-order valence-corrected chi connectivity index (χ4v) is 4.95. The average Bonchev–Trinajstić information content (AvgIpc) is 3.50. The van der Waals surface area contributed by atoms with E-state index in [1.54, 1.807) is 0 Å². The molecule has 3 fully saturated rings. The van der Waals surface area contributed by atoms with Gasteiger partial charge in [0.2, 0.25) is 5.91 Å². The van der Waals surface area contributed by atoms with Gasteiger partial charge in [-0.2, -0.15) is 5.10 Å². The van der Waals surface area contributed by atoms with Gasteiger partial charge in [0.25, 0.3) is 5.91 Å². The number of urea groups is 1. The first-order valence-corrected chi connectivity index (χ1v) is 11.2. The Bertz CT molecular complexity index is 1050. The molecule has 2 aliphatic heterocycles. The molecule has 1 atom stereocenters. The molecule has 9 nitrogen and oxygen atoms in total. The van der Waals surface area contributed by atoms with E-state index in [0.717, 1.165) is 48.4 Å². The number of anilines is 1. The van der Waals surface area contributed by atoms with Crippen molar-refractivity contribution < 1.29 is 14.4 Å². The Morgan fingerprint density at radius 3 is 2.59 bits per heavy atom. The van der Waals surface area contributed by atoms with E-state index in [0.29, 0.717) is 19.5 Å². The smallest absolute Gasteiger partial charge is 0.322 e. The van der Waals surface area contributed by atoms with Crippen LogP contribution in [0.1, 0.15) is 31.4 Å². The van der Waals surface area contributed by atoms with E-state index in [-0.39, 0.29) is 24.2 Å². The summed E-state index contributed by atoms with van der Waals surface area (Å²) in [5.74, 6) is -0.0958. The molecule has 5 rings (SSSR count). The monoisotopic (exact) mass is 436 g/mol. The first-order valence-electron chi connectivity index (χ1n) is 11.2. The predicted molar refractivity (Wildman–Crippen MR) is 119 cm³/mol. The highest BCUT2D eigenvalue weighted by Gasteiger charge is 2.55. The number of aromatic amines is 1. The zero-order valence-electron chi connectivity index (χ0n) is 18.2. The Hall–Kier alpha value is -3.36. The number of hydrogen-bond donors (Lipinski definition) is 3. The molecule has 1 aromatic carbocycles. The van der Waals surface area contributed by atoms with E-state index >= 15 is 0 Å². The molecule has 0 spiro atoms. The van der Waals surface area contributed by atoms with Gasteiger partial charge in [0.05, 0.1) is 5.69 Å². The number of carbonyl (C=O) groups is 3. The maximum atomic E-state index is 12.9. The Balaban J connectivity index is 1.18. The zero-order valence-corrected chi connectivity index (χ0v) is 18.2. The number of imide groups is 1. The molecule has 1 saturated carbocycles. The van der Waals surface area contributed by atoms with E-state index in [4.69, 9.17) is 0 Å². The molecule has 2 saturated heterocycles. The van der Waals surface area contributed by atoms with Crippen molar-refractivity contribution in [2.24, 2.45) is 5.92 Å². The highest BCUT2D eigenvalue weighted by molar-refractivity contribution is 6.07. The van der Waals surface area contributed by atoms with Crippen molar-refractivity contribution in [2.75, 3.05) is 31.1 Å². The first kappa shape index (κ1) is 20.5. The Kier molecular flexibility index (Phi) is 5.11. The number of piperazine rings is 1. The molecule has 3 heterocycles. The number of amides is 4. The minimum atomic E-state index is -0.903. The summed E-state index contributed by atoms with van der Waals surface area (Å²) in [6, 6.07) is 7.94. The van der Waals surface area contributed by atoms with Gasteiger partial charge in [-0.3, -0.25) is 20.0 Å². The highest BCUT2D eigenvalue weighted by atomic mass is 16.2. The largest absolute Gasteiger partial charge is 0.368 e. The van der Waals surface area contributed by atoms with Gasteiger partial charge in [-0.1, -0.05) is 12.1 Å². The summed E-state index contributed by atoms with van der Waals surface area (Å²) in [7, 11) is 0. The lowest BCUT2D eigenvalue weighted by Crippen LogP contribution is -2.51. The summed E-state index contributed by atoms with van der Waals surface area (Å²) in [4.78, 5) is 41.1. The number of carbonyl (C=O) groups excluding carboxylic acids is 3. The third-order valence-electron chi connectivity index (χ3n) is 6.96. The first-order chi connectivity index (χ1) is 15.5. The highest BCUT2D eigenvalue weighted by Crippen LogP contribution is 2.43. The van der Waals surface area contributed by atoms with Crippen molar-refractivity contribution >= 4 is 23.5 Å². The second kappa shape index (κ2) is 7.96. The van der Waals surface area contributed by atoms with Gasteiger partial charge in [0.1, 0.15) is 5.54 Å². The van der Waals surface area contributed by atoms with Gasteiger partial charge < -0.3 is 15.1 Å². The van der Waals surface area contributed by atoms with Crippen LogP contribution in [0.15, 0.2) is 30.5 Å². The van der Waals surface area contributed by atoms with Crippen molar-refractivity contribution in [3.8, 4) is 11.1 Å². The molecule has 1 unspecified atom stereocenters. The van der Waals surface area contributed by atoms with Gasteiger partial charge in [0.15, 0.2) is 0 Å². The average molecular weight is 437 g/mol. The SMILES string of the molecule is Cc1n[nH]cc1-c1cccc(N2CCN(C(=O)CCC3(C4CC4)NC(=O)NC3=O)CC2)c1. The molecule has 9 heteroatoms. The van der Waals surface area contributed by atoms with Gasteiger partial charge in [0, 0.05) is 50.0 Å². The second-order valence-electron chi connectivity index (χ2n) is 8.96. The number of rotatable bonds is 6. The molecular weight excluding hydrogens is 408 g/mol. The Labute approximate surface area is 186 Å². The molecule has 3 N–H and O–H groups in total. The van der Waals surface area contributed by atoms with Crippen LogP contribution >= 0.6 is 0 Å². The Morgan fingerprint density at radius 1 is 1.19 bits per heavy atom. The molecule has 4 amide bonds. The van der Waals surface area contributed by atoms with Crippen LogP contribution in [0.25, 0.3) is 11.1 Å². The van der Waals surface area contributed by atoms with Gasteiger partial charge in [-0.25, -0.2) is 4.79 Å². The third-order valence-corrected chi connectivity index (χ3v) is 6.96. The van der Waals surface area contributed by atoms with Crippen molar-refractivity contribution in [1.82, 2.24) is 25.7 Å². The second-order valence-corrected chi connectivity index (χ2v) is 8.96. The van der Waals surface area contributed by atoms with Crippen LogP contribution in [-0.2, 0) is 9.59 Å². The maximum Gasteiger partial charge on any atom is 0.322 e. The number of benzene rings is 1. The van der Waals surface area contributed by atoms with Crippen LogP contribution in [0.2, 0.25) is 0 Å². The molecule has 3 aliphatic rings. The van der Waals surface area contributed by atoms with E-state index < -0.39 is 11.6 Å². The van der Waals surface area contributed by atoms with Crippen LogP contribution in [0.3, 0.4) is 0 Å². The molecule has 0 bridgehead atoms. The van der Waals surface area contributed by atoms with Crippen molar-refractivity contribution in [3.05, 3.63) is 36.2 Å². The van der Waals surface area contributed by atoms with E-state index in [9.17, 15) is 14.4 Å². The number of hydrogen-bond acceptors (Lipinski definition) is 5. The number of nitrogens with zero attached hydrogens (tertiary/aromatic N) is 3. The summed E-state index contributed by atoms with van der Waals surface area (Å²) in [5, 5.41) is 12.3. The van der Waals surface area contributed by atoms with Crippen LogP contribution < -0.4 is 15.5 Å². The minimum absolute atomic E-state index is 0.0430. The molecule has 2 aromatic rings. The normalized spacial score (nSPS) is 23.3. The molecule has 32 heavy (non-hydrogen) atoms. The fourth-order valence-electron chi connectivity index (χ4n) is 4.95. The van der Waals surface area contributed by atoms with Crippen LogP contribution in [-0.4, -0.2) is 64.7 Å². The Morgan fingerprint density at radius 2 is 1.97 bits per heavy atom. The minimum Gasteiger partial charge on any atom is -0.368 e. The molecular formula is C23H28N6O3. The lowest BCUT2D eigenvalue weighted by atomic mass is 9.87. The van der Waals surface area contributed by atoms with Crippen LogP contribution in [0, 0.1) is 12.8 Å². The van der Waals surface area contributed by atoms with Gasteiger partial charge in [-0.05, 0) is 49.8 Å². The quantitative estimate of drug-likeness (QED) is 0.598. The predicted octanol–water partition coefficient (Wildman–Crippen LogP) is 1.80. The van der Waals surface area contributed by atoms with Crippen molar-refractivity contribution in [2.45, 2.75) is 38.1 Å². The summed E-state index contributed by atoms with van der Waals surface area (Å²) in [6.45, 7) is 4.78. The third kappa shape index (κ3) is 3.72. The van der Waals surface area contributed by atoms with Crippen LogP contribution in [0.5, 0.6) is 0 Å². The van der Waals surface area contributed by atoms with Gasteiger partial charge in [-0.15, -0.1) is 0 Å². The maximum absolute atomic E-state index is 12.9. The van der Waals surface area contributed by atoms with Crippen molar-refractivity contribution in [3.63, 3.8) is 0 Å². The van der Waals surface area contributed by atoms with Gasteiger partial charge >= 0.3 is 6.03 Å². The summed E-state index contributed by atoms with van der Waals surface area (Å²) in [5.41, 5.74) is 3.41. The lowest BCUT2D eigenvalue weighted by Gasteiger charge is -2.37. The van der Waals surface area contributed by atoms with Crippen LogP contribution in [0.4, 0.5) is 10.5 Å². The van der Waals surface area contributed by atoms with E-state index in [1.807, 2.05) is 24.1 Å². The molecule has 168 valence electrons. The molecule has 0 radical (unpaired) electrons. The molecule has 1 aromatic heterocycles. The number of H-pyrrole nitrogens is 1. The number of aryl methyl sites for hydroxylation is 1. The summed E-state index contributed by atoms with van der Waals surface area (Å²) >= 11 is 0. The fraction of sp³-hybridized carbons (Fsp3) is 0.478.